The van der Waals surface area contributed by atoms with Gasteiger partial charge in [-0.15, -0.1) is 0 Å². The molecular formula is C16H21NO4. The normalized spacial score (nSPS) is 18.9. The maximum Gasteiger partial charge on any atom is 0.119 e. The lowest BCUT2D eigenvalue weighted by Gasteiger charge is -2.34. The van der Waals surface area contributed by atoms with Crippen LogP contribution in [0.5, 0.6) is 5.75 Å². The maximum absolute atomic E-state index is 9.29. The average Bonchev–Trinajstić information content (AvgIpc) is 2.54. The van der Waals surface area contributed by atoms with Gasteiger partial charge in [0.2, 0.25) is 0 Å². The highest BCUT2D eigenvalue weighted by molar-refractivity contribution is 5.38. The van der Waals surface area contributed by atoms with Gasteiger partial charge < -0.3 is 19.7 Å². The molecule has 1 heterocycles. The summed E-state index contributed by atoms with van der Waals surface area (Å²) in [4.78, 5) is 2.19. The summed E-state index contributed by atoms with van der Waals surface area (Å²) >= 11 is 0. The third-order valence-corrected chi connectivity index (χ3v) is 3.37. The van der Waals surface area contributed by atoms with Crippen LogP contribution in [-0.4, -0.2) is 67.3 Å². The van der Waals surface area contributed by atoms with Crippen LogP contribution in [0.1, 0.15) is 5.56 Å². The highest BCUT2D eigenvalue weighted by atomic mass is 16.5. The number of aliphatic hydroxyl groups excluding tert-OH is 2. The Hall–Kier alpha value is -1.58. The monoisotopic (exact) mass is 291 g/mol. The Morgan fingerprint density at radius 2 is 2.10 bits per heavy atom. The zero-order chi connectivity index (χ0) is 14.9. The largest absolute Gasteiger partial charge is 0.492 e. The minimum absolute atomic E-state index is 0.0680. The molecule has 1 aliphatic rings. The molecule has 5 nitrogen and oxygen atoms in total. The summed E-state index contributed by atoms with van der Waals surface area (Å²) in [5.74, 6) is 6.23. The molecule has 2 N–H and O–H groups in total. The molecule has 1 saturated heterocycles. The molecule has 1 aromatic rings. The van der Waals surface area contributed by atoms with E-state index in [-0.39, 0.29) is 19.3 Å². The second kappa shape index (κ2) is 8.65. The highest BCUT2D eigenvalue weighted by Gasteiger charge is 2.21. The zero-order valence-corrected chi connectivity index (χ0v) is 12.0. The van der Waals surface area contributed by atoms with Crippen LogP contribution in [0.4, 0.5) is 0 Å². The number of aliphatic hydroxyl groups is 2. The Balaban J connectivity index is 1.77. The van der Waals surface area contributed by atoms with Crippen molar-refractivity contribution in [2.75, 3.05) is 46.1 Å². The molecule has 0 aromatic heterocycles. The molecule has 114 valence electrons. The molecule has 0 spiro atoms. The summed E-state index contributed by atoms with van der Waals surface area (Å²) in [7, 11) is 0. The van der Waals surface area contributed by atoms with Crippen molar-refractivity contribution in [1.82, 2.24) is 4.90 Å². The van der Waals surface area contributed by atoms with Gasteiger partial charge in [0.1, 0.15) is 19.0 Å². The van der Waals surface area contributed by atoms with Gasteiger partial charge in [-0.1, -0.05) is 11.8 Å². The maximum atomic E-state index is 9.29. The number of hydrogen-bond acceptors (Lipinski definition) is 5. The van der Waals surface area contributed by atoms with Crippen molar-refractivity contribution in [1.29, 1.82) is 0 Å². The van der Waals surface area contributed by atoms with Gasteiger partial charge in [-0.05, 0) is 24.3 Å². The van der Waals surface area contributed by atoms with E-state index in [1.807, 2.05) is 24.3 Å². The van der Waals surface area contributed by atoms with Gasteiger partial charge in [0, 0.05) is 18.7 Å². The minimum atomic E-state index is -0.135. The molecule has 2 rings (SSSR count). The molecule has 1 aliphatic heterocycles. The fourth-order valence-electron chi connectivity index (χ4n) is 2.21. The lowest BCUT2D eigenvalue weighted by Crippen LogP contribution is -2.48. The Labute approximate surface area is 125 Å². The van der Waals surface area contributed by atoms with Crippen LogP contribution in [0, 0.1) is 11.8 Å². The van der Waals surface area contributed by atoms with Crippen molar-refractivity contribution in [2.45, 2.75) is 6.04 Å². The zero-order valence-electron chi connectivity index (χ0n) is 12.0. The van der Waals surface area contributed by atoms with Gasteiger partial charge in [0.25, 0.3) is 0 Å². The number of morpholine rings is 1. The SMILES string of the molecule is OCC#Cc1ccc(OCCN2CCOCC2CO)cc1. The lowest BCUT2D eigenvalue weighted by atomic mass is 10.2. The van der Waals surface area contributed by atoms with Gasteiger partial charge >= 0.3 is 0 Å². The second-order valence-corrected chi connectivity index (χ2v) is 4.78. The highest BCUT2D eigenvalue weighted by Crippen LogP contribution is 2.12. The van der Waals surface area contributed by atoms with E-state index in [9.17, 15) is 5.11 Å². The topological polar surface area (TPSA) is 62.2 Å². The van der Waals surface area contributed by atoms with Crippen LogP contribution in [-0.2, 0) is 4.74 Å². The molecule has 1 aromatic carbocycles. The molecule has 0 bridgehead atoms. The molecule has 21 heavy (non-hydrogen) atoms. The predicted molar refractivity (Wildman–Crippen MR) is 79.2 cm³/mol. The van der Waals surface area contributed by atoms with Crippen LogP contribution in [0.2, 0.25) is 0 Å². The van der Waals surface area contributed by atoms with Crippen LogP contribution in [0.25, 0.3) is 0 Å². The summed E-state index contributed by atoms with van der Waals surface area (Å²) in [6.07, 6.45) is 0. The van der Waals surface area contributed by atoms with Crippen molar-refractivity contribution < 1.29 is 19.7 Å². The Morgan fingerprint density at radius 1 is 1.29 bits per heavy atom. The first-order valence-electron chi connectivity index (χ1n) is 7.08. The molecule has 0 saturated carbocycles. The van der Waals surface area contributed by atoms with Crippen LogP contribution < -0.4 is 4.74 Å². The molecule has 1 atom stereocenters. The summed E-state index contributed by atoms with van der Waals surface area (Å²) in [6.45, 7) is 3.41. The van der Waals surface area contributed by atoms with Gasteiger partial charge in [-0.2, -0.15) is 0 Å². The first-order valence-corrected chi connectivity index (χ1v) is 7.08. The average molecular weight is 291 g/mol. The van der Waals surface area contributed by atoms with E-state index in [0.717, 1.165) is 24.4 Å². The first kappa shape index (κ1) is 15.8. The molecule has 1 fully saturated rings. The van der Waals surface area contributed by atoms with Crippen LogP contribution >= 0.6 is 0 Å². The standard InChI is InChI=1S/C16H21NO4/c18-9-1-2-14-3-5-16(6-4-14)21-11-8-17-7-10-20-13-15(17)12-19/h3-6,15,18-19H,7-13H2. The molecule has 1 unspecified atom stereocenters. The van der Waals surface area contributed by atoms with E-state index in [4.69, 9.17) is 14.6 Å². The number of hydrogen-bond donors (Lipinski definition) is 2. The van der Waals surface area contributed by atoms with Gasteiger partial charge in [-0.25, -0.2) is 0 Å². The molecule has 0 radical (unpaired) electrons. The molecule has 0 amide bonds. The predicted octanol–water partition coefficient (Wildman–Crippen LogP) is 0.102. The third-order valence-electron chi connectivity index (χ3n) is 3.37. The molecule has 5 heteroatoms. The molecular weight excluding hydrogens is 270 g/mol. The van der Waals surface area contributed by atoms with Crippen molar-refractivity contribution in [2.24, 2.45) is 0 Å². The van der Waals surface area contributed by atoms with Gasteiger partial charge in [-0.3, -0.25) is 4.90 Å². The smallest absolute Gasteiger partial charge is 0.119 e. The fraction of sp³-hybridized carbons (Fsp3) is 0.500. The Bertz CT molecular complexity index is 477. The van der Waals surface area contributed by atoms with Crippen molar-refractivity contribution in [3.8, 4) is 17.6 Å². The fourth-order valence-corrected chi connectivity index (χ4v) is 2.21. The Morgan fingerprint density at radius 3 is 2.81 bits per heavy atom. The van der Waals surface area contributed by atoms with E-state index in [1.54, 1.807) is 0 Å². The van der Waals surface area contributed by atoms with E-state index < -0.39 is 0 Å². The number of ether oxygens (including phenoxy) is 2. The lowest BCUT2D eigenvalue weighted by molar-refractivity contribution is -0.0312. The first-order chi connectivity index (χ1) is 10.3. The van der Waals surface area contributed by atoms with Crippen molar-refractivity contribution >= 4 is 0 Å². The summed E-state index contributed by atoms with van der Waals surface area (Å²) < 4.78 is 11.0. The van der Waals surface area contributed by atoms with E-state index in [1.165, 1.54) is 0 Å². The van der Waals surface area contributed by atoms with E-state index in [0.29, 0.717) is 19.8 Å². The number of rotatable bonds is 5. The summed E-state index contributed by atoms with van der Waals surface area (Å²) in [5, 5.41) is 17.9. The molecule has 0 aliphatic carbocycles. The van der Waals surface area contributed by atoms with Crippen LogP contribution in [0.3, 0.4) is 0 Å². The number of nitrogens with zero attached hydrogens (tertiary/aromatic N) is 1. The van der Waals surface area contributed by atoms with Gasteiger partial charge in [0.05, 0.1) is 25.9 Å². The third kappa shape index (κ3) is 5.03. The van der Waals surface area contributed by atoms with Gasteiger partial charge in [0.15, 0.2) is 0 Å². The summed E-state index contributed by atoms with van der Waals surface area (Å²) in [6, 6.07) is 7.53. The minimum Gasteiger partial charge on any atom is -0.492 e. The van der Waals surface area contributed by atoms with E-state index in [2.05, 4.69) is 16.7 Å². The quantitative estimate of drug-likeness (QED) is 0.754. The van der Waals surface area contributed by atoms with E-state index >= 15 is 0 Å². The van der Waals surface area contributed by atoms with Crippen LogP contribution in [0.15, 0.2) is 24.3 Å². The van der Waals surface area contributed by atoms with Crippen molar-refractivity contribution in [3.05, 3.63) is 29.8 Å². The number of benzene rings is 1. The second-order valence-electron chi connectivity index (χ2n) is 4.78. The Kier molecular flexibility index (Phi) is 6.51. The summed E-state index contributed by atoms with van der Waals surface area (Å²) in [5.41, 5.74) is 0.852. The van der Waals surface area contributed by atoms with Crippen molar-refractivity contribution in [3.63, 3.8) is 0 Å².